The summed E-state index contributed by atoms with van der Waals surface area (Å²) in [6.45, 7) is 12.5. The van der Waals surface area contributed by atoms with E-state index >= 15 is 0 Å². The van der Waals surface area contributed by atoms with E-state index in [2.05, 4.69) is 118 Å². The number of para-hydroxylation sites is 3. The maximum Gasteiger partial charge on any atom is 0.298 e. The van der Waals surface area contributed by atoms with Gasteiger partial charge in [0.1, 0.15) is 46.0 Å². The maximum absolute atomic E-state index is 11.7. The Morgan fingerprint density at radius 3 is 1.39 bits per heavy atom. The molecule has 16 rings (SSSR count). The number of aromatic nitrogens is 17. The van der Waals surface area contributed by atoms with Gasteiger partial charge in [0, 0.05) is 105 Å². The van der Waals surface area contributed by atoms with Crippen molar-refractivity contribution >= 4 is 141 Å². The number of benzene rings is 3. The van der Waals surface area contributed by atoms with Crippen molar-refractivity contribution < 1.29 is 34.4 Å². The average Bonchev–Trinajstić information content (AvgIpc) is 1.77. The maximum atomic E-state index is 11.7. The van der Waals surface area contributed by atoms with E-state index in [1.54, 1.807) is 59.4 Å². The number of unbranched alkanes of at least 4 members (excludes halogenated alkanes) is 2. The fourth-order valence-electron chi connectivity index (χ4n) is 13.0. The molecule has 3 amide bonds. The minimum Gasteiger partial charge on any atom is -0.431 e. The number of carbonyl (C=O) groups excluding carboxylic acids is 3. The topological polar surface area (TPSA) is 450 Å². The number of thiazole rings is 1. The van der Waals surface area contributed by atoms with Crippen molar-refractivity contribution in [1.29, 1.82) is 0 Å². The molecule has 0 unspecified atom stereocenters. The zero-order chi connectivity index (χ0) is 75.2. The normalized spacial score (nSPS) is 13.9. The Kier molecular flexibility index (Phi) is 22.8. The number of hydroxylamine groups is 3. The molecule has 3 aromatic carbocycles. The summed E-state index contributed by atoms with van der Waals surface area (Å²) in [7, 11) is 0. The van der Waals surface area contributed by atoms with Gasteiger partial charge in [-0.05, 0) is 86.7 Å². The number of carbonyl (C=O) groups is 3. The number of hydrogen-bond donors (Lipinski definition) is 13. The number of rotatable bonds is 25. The van der Waals surface area contributed by atoms with Gasteiger partial charge < -0.3 is 60.2 Å². The number of nitrogens with zero attached hydrogens (tertiary/aromatic N) is 18. The summed E-state index contributed by atoms with van der Waals surface area (Å²) in [5.41, 5.74) is 12.8. The summed E-state index contributed by atoms with van der Waals surface area (Å²) in [6.07, 6.45) is 16.5. The van der Waals surface area contributed by atoms with Crippen LogP contribution in [0.2, 0.25) is 0 Å². The molecular formula is C73H80N28O7S. The molecule has 14 aromatic rings. The summed E-state index contributed by atoms with van der Waals surface area (Å²) < 4.78 is 5.46. The van der Waals surface area contributed by atoms with Crippen molar-refractivity contribution in [2.45, 2.75) is 83.8 Å². The lowest BCUT2D eigenvalue weighted by atomic mass is 10.1. The molecule has 109 heavy (non-hydrogen) atoms. The third-order valence-electron chi connectivity index (χ3n) is 18.8. The molecule has 0 radical (unpaired) electrons. The van der Waals surface area contributed by atoms with Gasteiger partial charge in [-0.3, -0.25) is 30.0 Å². The molecule has 560 valence electrons. The molecule has 13 heterocycles. The molecule has 2 fully saturated rings. The lowest BCUT2D eigenvalue weighted by molar-refractivity contribution is -0.129. The van der Waals surface area contributed by atoms with Crippen LogP contribution in [0.3, 0.4) is 0 Å². The smallest absolute Gasteiger partial charge is 0.298 e. The van der Waals surface area contributed by atoms with Crippen LogP contribution in [0.1, 0.15) is 122 Å². The lowest BCUT2D eigenvalue weighted by Gasteiger charge is -2.36. The van der Waals surface area contributed by atoms with Gasteiger partial charge in [-0.15, -0.1) is 11.3 Å². The molecule has 2 saturated heterocycles. The van der Waals surface area contributed by atoms with Crippen LogP contribution in [0.25, 0.3) is 65.8 Å². The number of amides is 3. The Hall–Kier alpha value is -12.9. The molecule has 11 aromatic heterocycles. The van der Waals surface area contributed by atoms with E-state index in [4.69, 9.17) is 49.9 Å². The van der Waals surface area contributed by atoms with Crippen LogP contribution in [0.15, 0.2) is 145 Å². The van der Waals surface area contributed by atoms with Crippen LogP contribution in [0, 0.1) is 0 Å². The first-order valence-corrected chi connectivity index (χ1v) is 36.8. The van der Waals surface area contributed by atoms with Crippen LogP contribution in [0.5, 0.6) is 0 Å². The van der Waals surface area contributed by atoms with Crippen molar-refractivity contribution in [1.82, 2.24) is 101 Å². The van der Waals surface area contributed by atoms with Crippen molar-refractivity contribution in [2.24, 2.45) is 0 Å². The van der Waals surface area contributed by atoms with Gasteiger partial charge in [-0.1, -0.05) is 63.6 Å². The molecule has 0 bridgehead atoms. The van der Waals surface area contributed by atoms with Gasteiger partial charge >= 0.3 is 0 Å². The van der Waals surface area contributed by atoms with E-state index in [0.717, 1.165) is 160 Å². The standard InChI is InChI=1S/C25H26N10O3.C25H26N10O2S.C23H28N8O2/c2*1-2-16(29-22-20-18(7-8-26-22)27-14-28-20)21-30-17-6-4-3-5-15(17)23(32-21)34-9-11-35(12-10-34)25-31-19(13-38-25)24(36)33-37;1-2-16(28-23-20-18(11-13-25-23)26-14-27-20)22-29-17-9-6-5-8-15(17)21(30-22)24-12-7-3-4-10-19(32)31-33/h2*3-8,13-14,16,37H,2,9-12H2,1H3,(H,26,29)(H,27,28)(H,33,36);5-6,8-9,11,13-14,16,33H,2-4,7,10,12H2,1H3,(H,25,28)(H,26,27)(H,31,32)(H,24,29,30)/t3*16-/m000/s1. The first-order chi connectivity index (χ1) is 53.5. The summed E-state index contributed by atoms with van der Waals surface area (Å²) in [6, 6.07) is 29.6. The minimum atomic E-state index is -0.712. The van der Waals surface area contributed by atoms with Crippen LogP contribution < -0.4 is 57.3 Å². The summed E-state index contributed by atoms with van der Waals surface area (Å²) in [5.74, 6) is 5.03. The second kappa shape index (κ2) is 34.1. The van der Waals surface area contributed by atoms with E-state index in [-0.39, 0.29) is 35.4 Å². The molecular weight excluding hydrogens is 1410 g/mol. The third-order valence-corrected chi connectivity index (χ3v) is 19.7. The summed E-state index contributed by atoms with van der Waals surface area (Å²) in [5, 5.41) is 45.5. The Bertz CT molecular complexity index is 5230. The first-order valence-electron chi connectivity index (χ1n) is 35.9. The second-order valence-corrected chi connectivity index (χ2v) is 26.5. The fraction of sp³-hybridized carbons (Fsp3) is 0.301. The molecule has 0 saturated carbocycles. The molecule has 2 aliphatic rings. The Morgan fingerprint density at radius 2 is 0.908 bits per heavy atom. The van der Waals surface area contributed by atoms with Gasteiger partial charge in [0.05, 0.1) is 70.2 Å². The Morgan fingerprint density at radius 1 is 0.468 bits per heavy atom. The molecule has 0 aliphatic carbocycles. The Balaban J connectivity index is 0.000000137. The number of anilines is 8. The number of pyridine rings is 3. The van der Waals surface area contributed by atoms with Crippen LogP contribution in [-0.4, -0.2) is 177 Å². The van der Waals surface area contributed by atoms with Crippen molar-refractivity contribution in [3.8, 4) is 0 Å². The van der Waals surface area contributed by atoms with Gasteiger partial charge in [0.15, 0.2) is 45.8 Å². The van der Waals surface area contributed by atoms with Gasteiger partial charge in [0.2, 0.25) is 5.91 Å². The number of aromatic amines is 3. The number of hydrogen-bond acceptors (Lipinski definition) is 30. The van der Waals surface area contributed by atoms with E-state index in [9.17, 15) is 14.4 Å². The predicted octanol–water partition coefficient (Wildman–Crippen LogP) is 10.2. The largest absolute Gasteiger partial charge is 0.431 e. The van der Waals surface area contributed by atoms with Crippen molar-refractivity contribution in [3.63, 3.8) is 0 Å². The molecule has 36 heteroatoms. The quantitative estimate of drug-likeness (QED) is 0.0144. The summed E-state index contributed by atoms with van der Waals surface area (Å²) in [4.78, 5) is 117. The van der Waals surface area contributed by atoms with Gasteiger partial charge in [-0.25, -0.2) is 81.2 Å². The highest BCUT2D eigenvalue weighted by Crippen LogP contribution is 2.35. The number of nitrogens with one attached hydrogen (secondary N) is 10. The average molecular weight is 1490 g/mol. The molecule has 13 N–H and O–H groups in total. The van der Waals surface area contributed by atoms with Crippen LogP contribution in [0.4, 0.5) is 46.1 Å². The summed E-state index contributed by atoms with van der Waals surface area (Å²) >= 11 is 1.39. The third kappa shape index (κ3) is 16.5. The van der Waals surface area contributed by atoms with Gasteiger partial charge in [0.25, 0.3) is 17.8 Å². The fourth-order valence-corrected chi connectivity index (χ4v) is 13.9. The van der Waals surface area contributed by atoms with E-state index in [1.807, 2.05) is 89.8 Å². The molecule has 3 atom stereocenters. The highest BCUT2D eigenvalue weighted by molar-refractivity contribution is 7.14. The number of fused-ring (bicyclic) bond motifs is 6. The molecule has 2 aliphatic heterocycles. The second-order valence-electron chi connectivity index (χ2n) is 25.6. The van der Waals surface area contributed by atoms with Gasteiger partial charge in [-0.2, -0.15) is 4.98 Å². The zero-order valence-corrected chi connectivity index (χ0v) is 60.6. The lowest BCUT2D eigenvalue weighted by Crippen LogP contribution is -2.47. The van der Waals surface area contributed by atoms with Crippen molar-refractivity contribution in [2.75, 3.05) is 99.8 Å². The monoisotopic (exact) mass is 1490 g/mol. The number of piperazine rings is 2. The highest BCUT2D eigenvalue weighted by Gasteiger charge is 2.29. The minimum absolute atomic E-state index is 0.0227. The Labute approximate surface area is 626 Å². The number of imidazole rings is 3. The van der Waals surface area contributed by atoms with Crippen LogP contribution in [-0.2, 0) is 4.79 Å². The zero-order valence-electron chi connectivity index (χ0n) is 59.8. The SMILES string of the molecule is CC[C@H](Nc1nccc2[nH]cnc12)c1nc(N2CCN(c3nc(C(=O)NO)co3)CC2)c2ccccc2n1.CC[C@H](Nc1nccc2[nH]cnc12)c1nc(N2CCN(c3nc(C(=O)NO)cs3)CC2)c2ccccc2n1.CC[C@H](Nc1nccc2[nH]cnc12)c1nc(NCCCCCC(=O)NO)c2ccccc2n1. The number of oxazole rings is 1. The van der Waals surface area contributed by atoms with E-state index < -0.39 is 11.8 Å². The van der Waals surface area contributed by atoms with Crippen LogP contribution >= 0.6 is 11.3 Å². The van der Waals surface area contributed by atoms with Crippen molar-refractivity contribution in [3.05, 3.63) is 169 Å². The highest BCUT2D eigenvalue weighted by atomic mass is 32.1. The molecule has 35 nitrogen and oxygen atoms in total. The molecule has 0 spiro atoms. The first kappa shape index (κ1) is 73.0. The predicted molar refractivity (Wildman–Crippen MR) is 413 cm³/mol. The van der Waals surface area contributed by atoms with E-state index in [0.29, 0.717) is 73.5 Å². The van der Waals surface area contributed by atoms with E-state index in [1.165, 1.54) is 17.6 Å². The number of H-pyrrole nitrogens is 3.